The van der Waals surface area contributed by atoms with E-state index in [1.165, 1.54) is 22.3 Å². The van der Waals surface area contributed by atoms with E-state index in [4.69, 9.17) is 11.6 Å². The van der Waals surface area contributed by atoms with Gasteiger partial charge in [-0.25, -0.2) is 4.98 Å². The van der Waals surface area contributed by atoms with Crippen molar-refractivity contribution in [1.29, 1.82) is 0 Å². The maximum atomic E-state index is 11.8. The smallest absolute Gasteiger partial charge is 0.250 e. The van der Waals surface area contributed by atoms with Crippen LogP contribution in [-0.2, 0) is 17.9 Å². The first kappa shape index (κ1) is 13.3. The molecule has 4 nitrogen and oxygen atoms in total. The van der Waals surface area contributed by atoms with Gasteiger partial charge in [-0.05, 0) is 23.8 Å². The Morgan fingerprint density at radius 2 is 2.15 bits per heavy atom. The Hall–Kier alpha value is -1.69. The third kappa shape index (κ3) is 3.07. The molecule has 0 saturated heterocycles. The van der Waals surface area contributed by atoms with Crippen molar-refractivity contribution in [1.82, 2.24) is 10.3 Å². The number of aromatic nitrogens is 1. The Bertz CT molecular complexity index is 642. The molecule has 2 aromatic rings. The Morgan fingerprint density at radius 1 is 1.35 bits per heavy atom. The molecule has 3 rings (SSSR count). The average Bonchev–Trinajstić information content (AvgIpc) is 2.99. The van der Waals surface area contributed by atoms with E-state index in [-0.39, 0.29) is 5.91 Å². The normalized spacial score (nSPS) is 13.7. The summed E-state index contributed by atoms with van der Waals surface area (Å²) in [4.78, 5) is 17.4. The van der Waals surface area contributed by atoms with Gasteiger partial charge in [0.1, 0.15) is 0 Å². The fourth-order valence-electron chi connectivity index (χ4n) is 1.90. The fourth-order valence-corrected chi connectivity index (χ4v) is 2.98. The number of halogens is 1. The van der Waals surface area contributed by atoms with Gasteiger partial charge in [0.2, 0.25) is 5.91 Å². The molecule has 0 spiro atoms. The molecule has 0 radical (unpaired) electrons. The maximum absolute atomic E-state index is 11.8. The molecule has 0 bridgehead atoms. The van der Waals surface area contributed by atoms with Gasteiger partial charge in [-0.2, -0.15) is 0 Å². The zero-order chi connectivity index (χ0) is 13.9. The number of anilines is 1. The van der Waals surface area contributed by atoms with Crippen LogP contribution >= 0.6 is 22.9 Å². The molecule has 1 aliphatic rings. The first-order chi connectivity index (χ1) is 9.70. The van der Waals surface area contributed by atoms with E-state index in [1.807, 2.05) is 12.1 Å². The van der Waals surface area contributed by atoms with Gasteiger partial charge in [0.25, 0.3) is 0 Å². The van der Waals surface area contributed by atoms with Crippen molar-refractivity contribution < 1.29 is 4.79 Å². The summed E-state index contributed by atoms with van der Waals surface area (Å²) >= 11 is 7.32. The summed E-state index contributed by atoms with van der Waals surface area (Å²) in [5.41, 5.74) is 1.96. The second-order valence-corrected chi connectivity index (χ2v) is 5.89. The number of benzene rings is 1. The van der Waals surface area contributed by atoms with Crippen molar-refractivity contribution in [3.8, 4) is 0 Å². The molecule has 0 atom stereocenters. The highest BCUT2D eigenvalue weighted by Crippen LogP contribution is 2.26. The predicted octanol–water partition coefficient (Wildman–Crippen LogP) is 3.05. The molecule has 0 saturated carbocycles. The Balaban J connectivity index is 1.62. The number of thiazole rings is 1. The zero-order valence-electron chi connectivity index (χ0n) is 10.5. The fraction of sp³-hybridized carbons (Fsp3) is 0.143. The van der Waals surface area contributed by atoms with Crippen molar-refractivity contribution >= 4 is 40.1 Å². The molecule has 1 aromatic heterocycles. The van der Waals surface area contributed by atoms with Crippen LogP contribution in [-0.4, -0.2) is 10.9 Å². The van der Waals surface area contributed by atoms with E-state index in [2.05, 4.69) is 15.6 Å². The van der Waals surface area contributed by atoms with Crippen molar-refractivity contribution in [3.05, 3.63) is 51.5 Å². The standard InChI is InChI=1S/C14H12ClN3OS/c15-10-4-1-9(2-5-10)3-6-13(19)18-14-17-11-7-16-8-12(11)20-14/h1-6,16H,7-8H2,(H,17,18,19)/b6-3+. The van der Waals surface area contributed by atoms with Crippen LogP contribution in [0.2, 0.25) is 5.02 Å². The number of carbonyl (C=O) groups excluding carboxylic acids is 1. The number of nitrogens with one attached hydrogen (secondary N) is 2. The Morgan fingerprint density at radius 3 is 2.90 bits per heavy atom. The molecule has 2 N–H and O–H groups in total. The highest BCUT2D eigenvalue weighted by atomic mass is 35.5. The quantitative estimate of drug-likeness (QED) is 0.857. The molecule has 20 heavy (non-hydrogen) atoms. The lowest BCUT2D eigenvalue weighted by atomic mass is 10.2. The maximum Gasteiger partial charge on any atom is 0.250 e. The van der Waals surface area contributed by atoms with Gasteiger partial charge in [-0.15, -0.1) is 11.3 Å². The lowest BCUT2D eigenvalue weighted by Gasteiger charge is -1.97. The van der Waals surface area contributed by atoms with E-state index in [0.717, 1.165) is 24.3 Å². The number of hydrogen-bond donors (Lipinski definition) is 2. The molecular formula is C14H12ClN3OS. The number of hydrogen-bond acceptors (Lipinski definition) is 4. The Kier molecular flexibility index (Phi) is 3.82. The molecule has 0 aliphatic carbocycles. The van der Waals surface area contributed by atoms with Crippen LogP contribution in [0.25, 0.3) is 6.08 Å². The number of carbonyl (C=O) groups is 1. The van der Waals surface area contributed by atoms with E-state index in [1.54, 1.807) is 18.2 Å². The summed E-state index contributed by atoms with van der Waals surface area (Å²) in [5.74, 6) is -0.180. The van der Waals surface area contributed by atoms with Gasteiger partial charge in [-0.3, -0.25) is 10.1 Å². The molecule has 1 aromatic carbocycles. The molecule has 102 valence electrons. The molecule has 0 unspecified atom stereocenters. The van der Waals surface area contributed by atoms with Crippen molar-refractivity contribution in [3.63, 3.8) is 0 Å². The first-order valence-electron chi connectivity index (χ1n) is 6.14. The average molecular weight is 306 g/mol. The lowest BCUT2D eigenvalue weighted by Crippen LogP contribution is -2.08. The SMILES string of the molecule is O=C(/C=C/c1ccc(Cl)cc1)Nc1nc2c(s1)CNC2. The van der Waals surface area contributed by atoms with Crippen LogP contribution in [0.1, 0.15) is 16.1 Å². The topological polar surface area (TPSA) is 54.0 Å². The minimum absolute atomic E-state index is 0.180. The third-order valence-electron chi connectivity index (χ3n) is 2.88. The van der Waals surface area contributed by atoms with Gasteiger partial charge in [0.15, 0.2) is 5.13 Å². The van der Waals surface area contributed by atoms with Crippen molar-refractivity contribution in [2.24, 2.45) is 0 Å². The van der Waals surface area contributed by atoms with E-state index in [0.29, 0.717) is 10.2 Å². The van der Waals surface area contributed by atoms with Gasteiger partial charge >= 0.3 is 0 Å². The molecule has 1 aliphatic heterocycles. The second kappa shape index (κ2) is 5.75. The van der Waals surface area contributed by atoms with Gasteiger partial charge < -0.3 is 5.32 Å². The lowest BCUT2D eigenvalue weighted by molar-refractivity contribution is -0.111. The summed E-state index contributed by atoms with van der Waals surface area (Å²) in [5, 5.41) is 7.32. The second-order valence-electron chi connectivity index (χ2n) is 4.37. The first-order valence-corrected chi connectivity index (χ1v) is 7.34. The van der Waals surface area contributed by atoms with E-state index in [9.17, 15) is 4.79 Å². The minimum Gasteiger partial charge on any atom is -0.306 e. The van der Waals surface area contributed by atoms with Crippen molar-refractivity contribution in [2.45, 2.75) is 13.1 Å². The largest absolute Gasteiger partial charge is 0.306 e. The number of rotatable bonds is 3. The molecule has 0 fully saturated rings. The highest BCUT2D eigenvalue weighted by molar-refractivity contribution is 7.15. The molecule has 6 heteroatoms. The van der Waals surface area contributed by atoms with Gasteiger partial charge in [0, 0.05) is 29.1 Å². The summed E-state index contributed by atoms with van der Waals surface area (Å²) in [6.45, 7) is 1.62. The van der Waals surface area contributed by atoms with Crippen LogP contribution in [0.4, 0.5) is 5.13 Å². The van der Waals surface area contributed by atoms with E-state index >= 15 is 0 Å². The van der Waals surface area contributed by atoms with Crippen LogP contribution < -0.4 is 10.6 Å². The van der Waals surface area contributed by atoms with Crippen LogP contribution in [0.15, 0.2) is 30.3 Å². The third-order valence-corrected chi connectivity index (χ3v) is 4.15. The molecular weight excluding hydrogens is 294 g/mol. The van der Waals surface area contributed by atoms with Crippen molar-refractivity contribution in [2.75, 3.05) is 5.32 Å². The summed E-state index contributed by atoms with van der Waals surface area (Å²) in [6.07, 6.45) is 3.24. The highest BCUT2D eigenvalue weighted by Gasteiger charge is 2.16. The summed E-state index contributed by atoms with van der Waals surface area (Å²) < 4.78 is 0. The van der Waals surface area contributed by atoms with Crippen LogP contribution in [0.5, 0.6) is 0 Å². The van der Waals surface area contributed by atoms with Gasteiger partial charge in [-0.1, -0.05) is 23.7 Å². The number of fused-ring (bicyclic) bond motifs is 1. The van der Waals surface area contributed by atoms with Crippen LogP contribution in [0.3, 0.4) is 0 Å². The number of amides is 1. The Labute approximate surface area is 125 Å². The molecule has 1 amide bonds. The summed E-state index contributed by atoms with van der Waals surface area (Å²) in [6, 6.07) is 7.29. The zero-order valence-corrected chi connectivity index (χ0v) is 12.1. The monoisotopic (exact) mass is 305 g/mol. The minimum atomic E-state index is -0.180. The van der Waals surface area contributed by atoms with Crippen LogP contribution in [0, 0.1) is 0 Å². The predicted molar refractivity (Wildman–Crippen MR) is 81.8 cm³/mol. The summed E-state index contributed by atoms with van der Waals surface area (Å²) in [7, 11) is 0. The van der Waals surface area contributed by atoms with Gasteiger partial charge in [0.05, 0.1) is 5.69 Å². The van der Waals surface area contributed by atoms with E-state index < -0.39 is 0 Å². The number of nitrogens with zero attached hydrogens (tertiary/aromatic N) is 1. The molecule has 2 heterocycles.